The van der Waals surface area contributed by atoms with Crippen LogP contribution in [0.2, 0.25) is 5.02 Å². The number of fused-ring (bicyclic) bond motifs is 1. The maximum Gasteiger partial charge on any atom is 0.255 e. The normalized spacial score (nSPS) is 24.3. The molecule has 59 heavy (non-hydrogen) atoms. The number of piperazine rings is 1. The highest BCUT2D eigenvalue weighted by atomic mass is 35.5. The van der Waals surface area contributed by atoms with Crippen molar-refractivity contribution in [3.63, 3.8) is 0 Å². The van der Waals surface area contributed by atoms with Gasteiger partial charge in [0.2, 0.25) is 11.8 Å². The summed E-state index contributed by atoms with van der Waals surface area (Å²) in [6.45, 7) is 14.5. The molecule has 1 aliphatic carbocycles. The Bertz CT molecular complexity index is 2190. The summed E-state index contributed by atoms with van der Waals surface area (Å²) < 4.78 is 21.8. The lowest BCUT2D eigenvalue weighted by Crippen LogP contribution is -2.74. The van der Waals surface area contributed by atoms with Crippen LogP contribution in [0.5, 0.6) is 5.75 Å². The van der Waals surface area contributed by atoms with Crippen molar-refractivity contribution in [1.82, 2.24) is 20.4 Å². The fourth-order valence-corrected chi connectivity index (χ4v) is 10.6. The number of nitrogens with one attached hydrogen (secondary N) is 2. The van der Waals surface area contributed by atoms with Crippen molar-refractivity contribution in [3.05, 3.63) is 87.7 Å². The van der Waals surface area contributed by atoms with E-state index in [1.54, 1.807) is 24.3 Å². The Labute approximate surface area is 349 Å². The summed E-state index contributed by atoms with van der Waals surface area (Å²) in [5.41, 5.74) is 2.80. The van der Waals surface area contributed by atoms with Gasteiger partial charge >= 0.3 is 0 Å². The van der Waals surface area contributed by atoms with Crippen LogP contribution in [-0.2, 0) is 16.1 Å². The first-order valence-corrected chi connectivity index (χ1v) is 21.0. The van der Waals surface area contributed by atoms with Gasteiger partial charge in [0.1, 0.15) is 29.8 Å². The van der Waals surface area contributed by atoms with Crippen LogP contribution in [-0.4, -0.2) is 97.4 Å². The van der Waals surface area contributed by atoms with Crippen LogP contribution >= 0.6 is 11.6 Å². The number of rotatable bonds is 9. The molecule has 8 rings (SSSR count). The number of amides is 4. The van der Waals surface area contributed by atoms with Gasteiger partial charge in [-0.05, 0) is 79.3 Å². The summed E-state index contributed by atoms with van der Waals surface area (Å²) in [5, 5.41) is 15.2. The summed E-state index contributed by atoms with van der Waals surface area (Å²) >= 11 is 6.25. The van der Waals surface area contributed by atoms with Crippen LogP contribution in [0, 0.1) is 33.9 Å². The van der Waals surface area contributed by atoms with E-state index in [0.29, 0.717) is 57.7 Å². The molecule has 0 bridgehead atoms. The van der Waals surface area contributed by atoms with Crippen LogP contribution in [0.15, 0.2) is 54.6 Å². The topological polar surface area (TPSA) is 138 Å². The van der Waals surface area contributed by atoms with Gasteiger partial charge in [0.25, 0.3) is 11.8 Å². The van der Waals surface area contributed by atoms with E-state index >= 15 is 4.39 Å². The number of halogens is 2. The summed E-state index contributed by atoms with van der Waals surface area (Å²) in [6.07, 6.45) is 2.11. The fourth-order valence-electron chi connectivity index (χ4n) is 10.4. The molecule has 14 heteroatoms. The third kappa shape index (κ3) is 7.73. The number of anilines is 2. The van der Waals surface area contributed by atoms with Crippen molar-refractivity contribution >= 4 is 46.6 Å². The molecule has 3 aromatic rings. The molecule has 1 atom stereocenters. The van der Waals surface area contributed by atoms with E-state index in [1.165, 1.54) is 11.0 Å². The highest BCUT2D eigenvalue weighted by molar-refractivity contribution is 6.31. The van der Waals surface area contributed by atoms with Crippen LogP contribution < -0.4 is 25.2 Å². The molecule has 4 aliphatic heterocycles. The predicted octanol–water partition coefficient (Wildman–Crippen LogP) is 5.76. The smallest absolute Gasteiger partial charge is 0.255 e. The zero-order valence-electron chi connectivity index (χ0n) is 34.0. The fraction of sp³-hybridized carbons (Fsp3) is 0.489. The molecule has 4 fully saturated rings. The van der Waals surface area contributed by atoms with Crippen molar-refractivity contribution in [3.8, 4) is 11.8 Å². The average Bonchev–Trinajstić information content (AvgIpc) is 3.53. The van der Waals surface area contributed by atoms with Gasteiger partial charge in [0.05, 0.1) is 16.3 Å². The first kappa shape index (κ1) is 40.6. The first-order chi connectivity index (χ1) is 28.1. The van der Waals surface area contributed by atoms with Crippen molar-refractivity contribution in [2.45, 2.75) is 78.1 Å². The van der Waals surface area contributed by atoms with Gasteiger partial charge in [-0.3, -0.25) is 29.4 Å². The first-order valence-electron chi connectivity index (χ1n) is 20.6. The highest BCUT2D eigenvalue weighted by Crippen LogP contribution is 2.55. The van der Waals surface area contributed by atoms with E-state index in [2.05, 4.69) is 54.2 Å². The van der Waals surface area contributed by atoms with Gasteiger partial charge in [0, 0.05) is 98.5 Å². The Balaban J connectivity index is 0.792. The van der Waals surface area contributed by atoms with E-state index in [0.717, 1.165) is 51.3 Å². The summed E-state index contributed by atoms with van der Waals surface area (Å²) in [4.78, 5) is 59.3. The van der Waals surface area contributed by atoms with E-state index in [4.69, 9.17) is 16.3 Å². The minimum absolute atomic E-state index is 0.123. The number of nitriles is 1. The third-order valence-electron chi connectivity index (χ3n) is 13.4. The molecule has 1 unspecified atom stereocenters. The molecule has 0 spiro atoms. The second-order valence-corrected chi connectivity index (χ2v) is 18.3. The Morgan fingerprint density at radius 1 is 0.932 bits per heavy atom. The Morgan fingerprint density at radius 3 is 2.27 bits per heavy atom. The second-order valence-electron chi connectivity index (χ2n) is 17.9. The number of ether oxygens (including phenoxy) is 1. The number of hydrogen-bond acceptors (Lipinski definition) is 9. The average molecular weight is 824 g/mol. The number of hydrogen-bond donors (Lipinski definition) is 2. The van der Waals surface area contributed by atoms with Crippen molar-refractivity contribution < 1.29 is 28.3 Å². The SMILES string of the molecule is CC1(C)C(NC(=O)c2ccc(N3CCN(CC4CCN(c5cc6c(cc5F)CN(C5CCC(=O)NC5=O)C6=O)CC4)CC3)cc2)C(C)(C)C1Oc1ccc(C#N)c(Cl)c1. The zero-order valence-corrected chi connectivity index (χ0v) is 34.8. The highest BCUT2D eigenvalue weighted by Gasteiger charge is 2.64. The molecule has 310 valence electrons. The summed E-state index contributed by atoms with van der Waals surface area (Å²) in [6, 6.07) is 17.2. The monoisotopic (exact) mass is 823 g/mol. The third-order valence-corrected chi connectivity index (χ3v) is 13.7. The lowest BCUT2D eigenvalue weighted by atomic mass is 9.49. The predicted molar refractivity (Wildman–Crippen MR) is 222 cm³/mol. The molecule has 0 aromatic heterocycles. The Hall–Kier alpha value is -5.19. The van der Waals surface area contributed by atoms with Crippen LogP contribution in [0.25, 0.3) is 0 Å². The summed E-state index contributed by atoms with van der Waals surface area (Å²) in [7, 11) is 0. The molecular weight excluding hydrogens is 773 g/mol. The molecule has 12 nitrogen and oxygen atoms in total. The van der Waals surface area contributed by atoms with E-state index in [1.807, 2.05) is 29.2 Å². The van der Waals surface area contributed by atoms with Gasteiger partial charge < -0.3 is 24.8 Å². The lowest BCUT2D eigenvalue weighted by molar-refractivity contribution is -0.164. The largest absolute Gasteiger partial charge is 0.489 e. The molecule has 3 aromatic carbocycles. The maximum atomic E-state index is 15.4. The summed E-state index contributed by atoms with van der Waals surface area (Å²) in [5.74, 6) is -0.508. The number of nitrogens with zero attached hydrogens (tertiary/aromatic N) is 5. The van der Waals surface area contributed by atoms with Crippen molar-refractivity contribution in [2.75, 3.05) is 55.6 Å². The Kier molecular flexibility index (Phi) is 10.8. The van der Waals surface area contributed by atoms with Crippen LogP contribution in [0.4, 0.5) is 15.8 Å². The quantitative estimate of drug-likeness (QED) is 0.258. The zero-order chi connectivity index (χ0) is 41.8. The minimum Gasteiger partial charge on any atom is -0.489 e. The molecule has 0 radical (unpaired) electrons. The number of benzene rings is 3. The molecule has 5 aliphatic rings. The Morgan fingerprint density at radius 2 is 1.63 bits per heavy atom. The minimum atomic E-state index is -0.727. The van der Waals surface area contributed by atoms with Gasteiger partial charge in [-0.1, -0.05) is 39.3 Å². The van der Waals surface area contributed by atoms with Gasteiger partial charge in [-0.2, -0.15) is 5.26 Å². The molecule has 4 heterocycles. The maximum absolute atomic E-state index is 15.4. The standard InChI is InChI=1S/C45H51ClFN7O5/c1-44(2)42(45(3,4)43(44)59-32-10-7-29(24-48)34(46)22-32)50-39(56)28-5-8-31(9-6-28)52-19-17-51(18-20-52)25-27-13-15-53(16-14-27)37-23-33-30(21-35(37)47)26-54(41(33)58)36-11-12-38(55)49-40(36)57/h5-10,21-23,27,36,42-43H,11-20,25-26H2,1-4H3,(H,50,56)(H,49,55,57). The van der Waals surface area contributed by atoms with Gasteiger partial charge in [-0.15, -0.1) is 0 Å². The van der Waals surface area contributed by atoms with Crippen molar-refractivity contribution in [2.24, 2.45) is 16.7 Å². The van der Waals surface area contributed by atoms with E-state index in [9.17, 15) is 24.4 Å². The van der Waals surface area contributed by atoms with Gasteiger partial charge in [-0.25, -0.2) is 4.39 Å². The van der Waals surface area contributed by atoms with E-state index < -0.39 is 11.9 Å². The molecule has 2 N–H and O–H groups in total. The van der Waals surface area contributed by atoms with Gasteiger partial charge in [0.15, 0.2) is 0 Å². The second kappa shape index (κ2) is 15.8. The van der Waals surface area contributed by atoms with Crippen molar-refractivity contribution in [1.29, 1.82) is 5.26 Å². The van der Waals surface area contributed by atoms with Crippen LogP contribution in [0.3, 0.4) is 0 Å². The number of piperidine rings is 2. The molecule has 4 amide bonds. The lowest BCUT2D eigenvalue weighted by Gasteiger charge is -2.63. The number of carbonyl (C=O) groups excluding carboxylic acids is 4. The van der Waals surface area contributed by atoms with Crippen LogP contribution in [0.1, 0.15) is 85.2 Å². The number of carbonyl (C=O) groups is 4. The van der Waals surface area contributed by atoms with E-state index in [-0.39, 0.29) is 65.9 Å². The molecule has 3 saturated heterocycles. The number of imide groups is 1. The molecular formula is C45H51ClFN7O5. The molecule has 1 saturated carbocycles.